The number of hydrogen-bond donors (Lipinski definition) is 2. The summed E-state index contributed by atoms with van der Waals surface area (Å²) in [6.07, 6.45) is 0.395. The maximum absolute atomic E-state index is 13.5. The van der Waals surface area contributed by atoms with Crippen LogP contribution < -0.4 is 5.32 Å². The molecule has 0 aromatic heterocycles. The zero-order chi connectivity index (χ0) is 26.0. The van der Waals surface area contributed by atoms with Gasteiger partial charge in [-0.1, -0.05) is 51.4 Å². The Bertz CT molecular complexity index is 928. The molecule has 1 aromatic carbocycles. The summed E-state index contributed by atoms with van der Waals surface area (Å²) in [6, 6.07) is 6.59. The van der Waals surface area contributed by atoms with Gasteiger partial charge in [0.2, 0.25) is 17.7 Å². The number of nitrogens with one attached hydrogen (secondary N) is 1. The molecule has 2 atom stereocenters. The van der Waals surface area contributed by atoms with Gasteiger partial charge in [-0.05, 0) is 30.0 Å². The second-order valence-corrected chi connectivity index (χ2v) is 11.3. The van der Waals surface area contributed by atoms with Crippen molar-refractivity contribution >= 4 is 29.3 Å². The lowest BCUT2D eigenvalue weighted by Crippen LogP contribution is -2.61. The van der Waals surface area contributed by atoms with Crippen LogP contribution in [0.3, 0.4) is 0 Å². The van der Waals surface area contributed by atoms with Crippen LogP contribution in [0.1, 0.15) is 46.6 Å². The summed E-state index contributed by atoms with van der Waals surface area (Å²) in [5.41, 5.74) is -0.901. The average molecular weight is 507 g/mol. The van der Waals surface area contributed by atoms with Crippen molar-refractivity contribution in [1.82, 2.24) is 20.0 Å². The van der Waals surface area contributed by atoms with Gasteiger partial charge in [-0.2, -0.15) is 0 Å². The number of piperidine rings is 1. The molecule has 2 aliphatic heterocycles. The molecule has 2 heterocycles. The van der Waals surface area contributed by atoms with E-state index in [0.717, 1.165) is 5.56 Å². The first-order valence-electron chi connectivity index (χ1n) is 12.4. The molecule has 0 bridgehead atoms. The van der Waals surface area contributed by atoms with Gasteiger partial charge in [0.25, 0.3) is 0 Å². The number of halogens is 1. The Morgan fingerprint density at radius 3 is 2.14 bits per heavy atom. The smallest absolute Gasteiger partial charge is 0.245 e. The Hall–Kier alpha value is -2.16. The van der Waals surface area contributed by atoms with E-state index in [1.165, 1.54) is 0 Å². The normalized spacial score (nSPS) is 23.8. The summed E-state index contributed by atoms with van der Waals surface area (Å²) in [5, 5.41) is 15.2. The molecule has 2 saturated heterocycles. The Kier molecular flexibility index (Phi) is 8.50. The molecule has 3 amide bonds. The number of rotatable bonds is 6. The van der Waals surface area contributed by atoms with Crippen LogP contribution in [0.4, 0.5) is 0 Å². The fraction of sp³-hybridized carbons (Fsp3) is 0.654. The molecule has 194 valence electrons. The molecule has 9 heteroatoms. The molecule has 0 saturated carbocycles. The average Bonchev–Trinajstić information content (AvgIpc) is 2.79. The fourth-order valence-electron chi connectivity index (χ4n) is 5.12. The van der Waals surface area contributed by atoms with Crippen molar-refractivity contribution < 1.29 is 19.5 Å². The van der Waals surface area contributed by atoms with Crippen LogP contribution in [0, 0.1) is 11.3 Å². The van der Waals surface area contributed by atoms with Gasteiger partial charge in [-0.3, -0.25) is 19.3 Å². The summed E-state index contributed by atoms with van der Waals surface area (Å²) in [5.74, 6) is -0.351. The second kappa shape index (κ2) is 10.8. The minimum atomic E-state index is -1.09. The van der Waals surface area contributed by atoms with Crippen LogP contribution in [0.25, 0.3) is 0 Å². The van der Waals surface area contributed by atoms with Crippen LogP contribution in [-0.2, 0) is 20.0 Å². The molecule has 2 fully saturated rings. The van der Waals surface area contributed by atoms with Crippen molar-refractivity contribution in [3.05, 3.63) is 34.9 Å². The molecule has 0 spiro atoms. The number of carbonyl (C=O) groups is 3. The first-order chi connectivity index (χ1) is 16.3. The Labute approximate surface area is 213 Å². The molecule has 3 rings (SSSR count). The molecule has 2 N–H and O–H groups in total. The number of carbonyl (C=O) groups excluding carboxylic acids is 3. The Morgan fingerprint density at radius 1 is 1.03 bits per heavy atom. The van der Waals surface area contributed by atoms with Crippen molar-refractivity contribution in [3.8, 4) is 0 Å². The highest BCUT2D eigenvalue weighted by Crippen LogP contribution is 2.46. The maximum atomic E-state index is 13.5. The van der Waals surface area contributed by atoms with Crippen LogP contribution in [0.2, 0.25) is 5.02 Å². The third kappa shape index (κ3) is 6.16. The van der Waals surface area contributed by atoms with Gasteiger partial charge in [0.1, 0.15) is 6.04 Å². The number of aliphatic hydroxyl groups is 1. The third-order valence-corrected chi connectivity index (χ3v) is 7.77. The van der Waals surface area contributed by atoms with Gasteiger partial charge < -0.3 is 20.2 Å². The number of piperazine rings is 1. The summed E-state index contributed by atoms with van der Waals surface area (Å²) in [7, 11) is 0. The Morgan fingerprint density at radius 2 is 1.63 bits per heavy atom. The molecule has 0 aliphatic carbocycles. The number of likely N-dealkylation sites (tertiary alicyclic amines) is 1. The third-order valence-electron chi connectivity index (χ3n) is 7.52. The maximum Gasteiger partial charge on any atom is 0.245 e. The SMILES string of the molecule is CC(=O)N1CCN(CC(=O)NC(C(=O)N2CCC(O)(c3ccc(Cl)cc3)C(C)(C)C2)C(C)C)CC1. The highest BCUT2D eigenvalue weighted by atomic mass is 35.5. The van der Waals surface area contributed by atoms with Gasteiger partial charge in [0.05, 0.1) is 12.1 Å². The van der Waals surface area contributed by atoms with Crippen LogP contribution in [-0.4, -0.2) is 89.4 Å². The molecule has 2 unspecified atom stereocenters. The fourth-order valence-corrected chi connectivity index (χ4v) is 5.25. The minimum Gasteiger partial charge on any atom is -0.384 e. The Balaban J connectivity index is 1.62. The van der Waals surface area contributed by atoms with Crippen molar-refractivity contribution in [2.45, 2.75) is 52.7 Å². The molecule has 8 nitrogen and oxygen atoms in total. The van der Waals surface area contributed by atoms with Gasteiger partial charge in [0, 0.05) is 56.6 Å². The molecular formula is C26H39ClN4O4. The van der Waals surface area contributed by atoms with E-state index < -0.39 is 17.1 Å². The standard InChI is InChI=1S/C26H39ClN4O4/c1-18(2)23(28-22(33)16-29-12-14-30(15-13-29)19(3)32)24(34)31-11-10-26(35,25(4,5)17-31)20-6-8-21(27)9-7-20/h6-9,18,23,35H,10-17H2,1-5H3,(H,28,33). The van der Waals surface area contributed by atoms with Gasteiger partial charge in [-0.25, -0.2) is 0 Å². The topological polar surface area (TPSA) is 93.2 Å². The van der Waals surface area contributed by atoms with E-state index in [0.29, 0.717) is 50.7 Å². The lowest BCUT2D eigenvalue weighted by Gasteiger charge is -2.51. The summed E-state index contributed by atoms with van der Waals surface area (Å²) in [6.45, 7) is 12.8. The van der Waals surface area contributed by atoms with Crippen molar-refractivity contribution in [3.63, 3.8) is 0 Å². The molecule has 2 aliphatic rings. The van der Waals surface area contributed by atoms with E-state index >= 15 is 0 Å². The quantitative estimate of drug-likeness (QED) is 0.616. The van der Waals surface area contributed by atoms with Crippen molar-refractivity contribution in [2.24, 2.45) is 11.3 Å². The van der Waals surface area contributed by atoms with E-state index in [-0.39, 0.29) is 30.2 Å². The molecular weight excluding hydrogens is 468 g/mol. The predicted molar refractivity (Wildman–Crippen MR) is 136 cm³/mol. The predicted octanol–water partition coefficient (Wildman–Crippen LogP) is 2.09. The lowest BCUT2D eigenvalue weighted by molar-refractivity contribution is -0.156. The number of amides is 3. The highest BCUT2D eigenvalue weighted by Gasteiger charge is 2.50. The van der Waals surface area contributed by atoms with E-state index in [4.69, 9.17) is 11.6 Å². The molecule has 35 heavy (non-hydrogen) atoms. The monoisotopic (exact) mass is 506 g/mol. The van der Waals surface area contributed by atoms with Gasteiger partial charge >= 0.3 is 0 Å². The number of nitrogens with zero attached hydrogens (tertiary/aromatic N) is 3. The summed E-state index contributed by atoms with van der Waals surface area (Å²) >= 11 is 6.03. The van der Waals surface area contributed by atoms with E-state index in [2.05, 4.69) is 5.32 Å². The first kappa shape index (κ1) is 27.4. The van der Waals surface area contributed by atoms with E-state index in [1.54, 1.807) is 28.9 Å². The van der Waals surface area contributed by atoms with Crippen molar-refractivity contribution in [2.75, 3.05) is 45.8 Å². The summed E-state index contributed by atoms with van der Waals surface area (Å²) < 4.78 is 0. The van der Waals surface area contributed by atoms with E-state index in [1.807, 2.05) is 44.7 Å². The van der Waals surface area contributed by atoms with Crippen LogP contribution in [0.15, 0.2) is 24.3 Å². The minimum absolute atomic E-state index is 0.0481. The van der Waals surface area contributed by atoms with Gasteiger partial charge in [-0.15, -0.1) is 0 Å². The number of benzene rings is 1. The zero-order valence-corrected chi connectivity index (χ0v) is 22.3. The highest BCUT2D eigenvalue weighted by molar-refractivity contribution is 6.30. The second-order valence-electron chi connectivity index (χ2n) is 10.8. The molecule has 1 aromatic rings. The van der Waals surface area contributed by atoms with Gasteiger partial charge in [0.15, 0.2) is 0 Å². The van der Waals surface area contributed by atoms with Crippen LogP contribution >= 0.6 is 11.6 Å². The first-order valence-corrected chi connectivity index (χ1v) is 12.8. The van der Waals surface area contributed by atoms with Crippen molar-refractivity contribution in [1.29, 1.82) is 0 Å². The van der Waals surface area contributed by atoms with E-state index in [9.17, 15) is 19.5 Å². The zero-order valence-electron chi connectivity index (χ0n) is 21.5. The van der Waals surface area contributed by atoms with Crippen LogP contribution in [0.5, 0.6) is 0 Å². The number of hydrogen-bond acceptors (Lipinski definition) is 5. The largest absolute Gasteiger partial charge is 0.384 e. The molecule has 0 radical (unpaired) electrons. The summed E-state index contributed by atoms with van der Waals surface area (Å²) in [4.78, 5) is 43.4. The lowest BCUT2D eigenvalue weighted by atomic mass is 9.66.